The van der Waals surface area contributed by atoms with E-state index in [0.717, 1.165) is 22.3 Å². The van der Waals surface area contributed by atoms with Crippen molar-refractivity contribution in [3.8, 4) is 11.5 Å². The second-order valence-electron chi connectivity index (χ2n) is 8.81. The van der Waals surface area contributed by atoms with Gasteiger partial charge in [-0.05, 0) is 34.4 Å². The summed E-state index contributed by atoms with van der Waals surface area (Å²) in [5.41, 5.74) is 4.44. The van der Waals surface area contributed by atoms with E-state index in [4.69, 9.17) is 9.47 Å². The van der Waals surface area contributed by atoms with Crippen LogP contribution in [0.3, 0.4) is 0 Å². The summed E-state index contributed by atoms with van der Waals surface area (Å²) >= 11 is 6.80. The van der Waals surface area contributed by atoms with Crippen LogP contribution in [0.1, 0.15) is 33.4 Å². The Labute approximate surface area is 246 Å². The molecule has 204 valence electrons. The number of alkyl halides is 2. The Bertz CT molecular complexity index is 1430. The van der Waals surface area contributed by atoms with Crippen molar-refractivity contribution in [1.82, 2.24) is 0 Å². The zero-order valence-corrected chi connectivity index (χ0v) is 24.1. The Morgan fingerprint density at radius 3 is 1.27 bits per heavy atom. The molecule has 4 aromatic carbocycles. The van der Waals surface area contributed by atoms with Gasteiger partial charge in [0.15, 0.2) is 0 Å². The minimum absolute atomic E-state index is 0.106. The zero-order chi connectivity index (χ0) is 28.6. The predicted octanol–water partition coefficient (Wildman–Crippen LogP) is 8.05. The summed E-state index contributed by atoms with van der Waals surface area (Å²) in [5, 5.41) is 24.1. The lowest BCUT2D eigenvalue weighted by atomic mass is 10.0. The predicted molar refractivity (Wildman–Crippen MR) is 157 cm³/mol. The lowest BCUT2D eigenvalue weighted by Crippen LogP contribution is -2.16. The van der Waals surface area contributed by atoms with Gasteiger partial charge in [-0.1, -0.05) is 80.4 Å². The Morgan fingerprint density at radius 1 is 0.600 bits per heavy atom. The normalized spacial score (nSPS) is 10.7. The van der Waals surface area contributed by atoms with Crippen molar-refractivity contribution in [2.45, 2.75) is 23.5 Å². The van der Waals surface area contributed by atoms with Crippen LogP contribution in [-0.2, 0) is 23.5 Å². The maximum absolute atomic E-state index is 12.9. The number of benzene rings is 4. The summed E-state index contributed by atoms with van der Waals surface area (Å²) in [6, 6.07) is 23.2. The molecular formula is C29H22Br2N2O7. The Hall–Kier alpha value is -4.09. The van der Waals surface area contributed by atoms with Crippen LogP contribution in [0, 0.1) is 20.2 Å². The lowest BCUT2D eigenvalue weighted by molar-refractivity contribution is -0.385. The van der Waals surface area contributed by atoms with E-state index in [1.807, 2.05) is 48.5 Å². The molecule has 4 rings (SSSR count). The molecule has 0 fully saturated rings. The van der Waals surface area contributed by atoms with Gasteiger partial charge < -0.3 is 9.47 Å². The zero-order valence-electron chi connectivity index (χ0n) is 20.9. The molecule has 0 aliphatic carbocycles. The number of nitrogens with zero attached hydrogens (tertiary/aromatic N) is 2. The molecule has 0 saturated carbocycles. The molecule has 0 radical (unpaired) electrons. The first-order chi connectivity index (χ1) is 19.2. The highest BCUT2D eigenvalue weighted by atomic mass is 79.9. The molecule has 9 nitrogen and oxygen atoms in total. The number of ether oxygens (including phenoxy) is 2. The van der Waals surface area contributed by atoms with Gasteiger partial charge in [-0.25, -0.2) is 4.79 Å². The fourth-order valence-electron chi connectivity index (χ4n) is 3.97. The monoisotopic (exact) mass is 668 g/mol. The van der Waals surface area contributed by atoms with E-state index < -0.39 is 16.0 Å². The van der Waals surface area contributed by atoms with E-state index in [9.17, 15) is 25.0 Å². The maximum atomic E-state index is 12.9. The first-order valence-corrected chi connectivity index (χ1v) is 14.2. The van der Waals surface area contributed by atoms with Crippen LogP contribution in [0.25, 0.3) is 0 Å². The number of nitro benzene ring substituents is 2. The highest BCUT2D eigenvalue weighted by Crippen LogP contribution is 2.30. The van der Waals surface area contributed by atoms with Crippen LogP contribution in [0.4, 0.5) is 16.2 Å². The second-order valence-corrected chi connectivity index (χ2v) is 9.93. The molecule has 0 N–H and O–H groups in total. The molecule has 0 aromatic heterocycles. The largest absolute Gasteiger partial charge is 0.519 e. The number of hydrogen-bond donors (Lipinski definition) is 0. The number of hydrogen-bond acceptors (Lipinski definition) is 7. The number of rotatable bonds is 10. The molecule has 0 aliphatic heterocycles. The minimum atomic E-state index is -1.07. The fraction of sp³-hybridized carbons (Fsp3) is 0.138. The van der Waals surface area contributed by atoms with Crippen LogP contribution in [0.5, 0.6) is 11.5 Å². The highest BCUT2D eigenvalue weighted by Gasteiger charge is 2.19. The average Bonchev–Trinajstić information content (AvgIpc) is 2.95. The quantitative estimate of drug-likeness (QED) is 0.0550. The van der Waals surface area contributed by atoms with Crippen LogP contribution in [0.2, 0.25) is 0 Å². The number of halogens is 2. The average molecular weight is 670 g/mol. The van der Waals surface area contributed by atoms with Gasteiger partial charge in [0, 0.05) is 58.9 Å². The smallest absolute Gasteiger partial charge is 0.394 e. The number of carbonyl (C=O) groups excluding carboxylic acids is 1. The molecule has 0 amide bonds. The number of nitro groups is 2. The summed E-state index contributed by atoms with van der Waals surface area (Å²) in [4.78, 5) is 34.6. The molecule has 0 saturated heterocycles. The summed E-state index contributed by atoms with van der Waals surface area (Å²) < 4.78 is 11.0. The van der Waals surface area contributed by atoms with E-state index in [1.54, 1.807) is 0 Å². The summed E-state index contributed by atoms with van der Waals surface area (Å²) in [6.45, 7) is 0. The standard InChI is InChI=1S/C29H22Br2N2O7/c30-17-21-5-1-19(2-6-21)13-23-15-25(32(35)36)9-11-27(23)39-29(34)40-28-12-10-26(33(37)38)16-24(28)14-20-3-7-22(18-31)8-4-20/h1-12,15-16H,13-14,17-18H2. The SMILES string of the molecule is O=C(Oc1ccc([N+](=O)[O-])cc1Cc1ccc(CBr)cc1)Oc1ccc([N+](=O)[O-])cc1Cc1ccc(CBr)cc1. The summed E-state index contributed by atoms with van der Waals surface area (Å²) in [5.74, 6) is 0.211. The fourth-order valence-corrected chi connectivity index (χ4v) is 4.71. The maximum Gasteiger partial charge on any atom is 0.519 e. The molecule has 0 spiro atoms. The molecule has 0 atom stereocenters. The van der Waals surface area contributed by atoms with Crippen molar-refractivity contribution in [2.24, 2.45) is 0 Å². The van der Waals surface area contributed by atoms with E-state index >= 15 is 0 Å². The third-order valence-electron chi connectivity index (χ3n) is 6.04. The van der Waals surface area contributed by atoms with Crippen molar-refractivity contribution in [1.29, 1.82) is 0 Å². The Balaban J connectivity index is 1.58. The lowest BCUT2D eigenvalue weighted by Gasteiger charge is -2.13. The van der Waals surface area contributed by atoms with Crippen molar-refractivity contribution >= 4 is 49.4 Å². The van der Waals surface area contributed by atoms with Gasteiger partial charge in [0.1, 0.15) is 11.5 Å². The third kappa shape index (κ3) is 7.51. The van der Waals surface area contributed by atoms with E-state index in [2.05, 4.69) is 31.9 Å². The van der Waals surface area contributed by atoms with Crippen LogP contribution < -0.4 is 9.47 Å². The van der Waals surface area contributed by atoms with E-state index in [-0.39, 0.29) is 35.7 Å². The topological polar surface area (TPSA) is 122 Å². The van der Waals surface area contributed by atoms with Crippen molar-refractivity contribution in [2.75, 3.05) is 0 Å². The van der Waals surface area contributed by atoms with Crippen LogP contribution in [-0.4, -0.2) is 16.0 Å². The minimum Gasteiger partial charge on any atom is -0.394 e. The molecule has 11 heteroatoms. The van der Waals surface area contributed by atoms with E-state index in [1.165, 1.54) is 36.4 Å². The van der Waals surface area contributed by atoms with Gasteiger partial charge in [0.2, 0.25) is 0 Å². The van der Waals surface area contributed by atoms with Crippen LogP contribution in [0.15, 0.2) is 84.9 Å². The Morgan fingerprint density at radius 2 is 0.950 bits per heavy atom. The number of non-ortho nitro benzene ring substituents is 2. The first-order valence-electron chi connectivity index (χ1n) is 12.0. The molecule has 0 heterocycles. The third-order valence-corrected chi connectivity index (χ3v) is 7.34. The first kappa shape index (κ1) is 28.9. The van der Waals surface area contributed by atoms with Crippen LogP contribution >= 0.6 is 31.9 Å². The van der Waals surface area contributed by atoms with Gasteiger partial charge in [0.25, 0.3) is 11.4 Å². The van der Waals surface area contributed by atoms with E-state index in [0.29, 0.717) is 21.8 Å². The van der Waals surface area contributed by atoms with Gasteiger partial charge in [-0.15, -0.1) is 0 Å². The van der Waals surface area contributed by atoms with Gasteiger partial charge >= 0.3 is 6.16 Å². The van der Waals surface area contributed by atoms with Gasteiger partial charge in [-0.3, -0.25) is 20.2 Å². The molecule has 0 unspecified atom stereocenters. The van der Waals surface area contributed by atoms with Gasteiger partial charge in [0.05, 0.1) is 9.85 Å². The molecular weight excluding hydrogens is 648 g/mol. The van der Waals surface area contributed by atoms with Crippen molar-refractivity contribution in [3.63, 3.8) is 0 Å². The van der Waals surface area contributed by atoms with Crippen molar-refractivity contribution < 1.29 is 24.1 Å². The van der Waals surface area contributed by atoms with Gasteiger partial charge in [-0.2, -0.15) is 0 Å². The summed E-state index contributed by atoms with van der Waals surface area (Å²) in [6.07, 6.45) is -0.519. The number of carbonyl (C=O) groups is 1. The molecule has 4 aromatic rings. The summed E-state index contributed by atoms with van der Waals surface area (Å²) in [7, 11) is 0. The molecule has 40 heavy (non-hydrogen) atoms. The second kappa shape index (κ2) is 13.3. The highest BCUT2D eigenvalue weighted by molar-refractivity contribution is 9.08. The van der Waals surface area contributed by atoms with Crippen molar-refractivity contribution in [3.05, 3.63) is 139 Å². The molecule has 0 aliphatic rings. The molecule has 0 bridgehead atoms. The Kier molecular flexibility index (Phi) is 9.62.